The van der Waals surface area contributed by atoms with Crippen LogP contribution in [0.4, 0.5) is 11.4 Å². The monoisotopic (exact) mass is 603 g/mol. The molecule has 0 aromatic heterocycles. The highest BCUT2D eigenvalue weighted by molar-refractivity contribution is 7.89. The van der Waals surface area contributed by atoms with E-state index >= 15 is 0 Å². The second-order valence-corrected chi connectivity index (χ2v) is 13.7. The largest absolute Gasteiger partial charge is 0.480 e. The molecular weight excluding hydrogens is 562 g/mol. The first-order valence-corrected chi connectivity index (χ1v) is 16.6. The predicted octanol–water partition coefficient (Wildman–Crippen LogP) is 6.14. The van der Waals surface area contributed by atoms with Crippen molar-refractivity contribution in [3.05, 3.63) is 53.1 Å². The van der Waals surface area contributed by atoms with Crippen LogP contribution in [0.5, 0.6) is 0 Å². The third-order valence-electron chi connectivity index (χ3n) is 8.52. The molecule has 2 aromatic rings. The molecule has 2 atom stereocenters. The number of carboxylic acids is 1. The Kier molecular flexibility index (Phi) is 10.7. The number of nitrogens with one attached hydrogen (secondary N) is 1. The number of halogens is 1. The van der Waals surface area contributed by atoms with Gasteiger partial charge in [0, 0.05) is 36.8 Å². The lowest BCUT2D eigenvalue weighted by molar-refractivity contribution is -0.142. The number of carboxylic acid groups (broad SMARTS) is 1. The van der Waals surface area contributed by atoms with Gasteiger partial charge in [0.2, 0.25) is 15.9 Å². The van der Waals surface area contributed by atoms with Crippen molar-refractivity contribution in [3.63, 3.8) is 0 Å². The van der Waals surface area contributed by atoms with E-state index < -0.39 is 22.0 Å². The van der Waals surface area contributed by atoms with Gasteiger partial charge in [0.15, 0.2) is 0 Å². The number of amides is 1. The Balaban J connectivity index is 1.66. The van der Waals surface area contributed by atoms with Gasteiger partial charge in [0.25, 0.3) is 0 Å². The van der Waals surface area contributed by atoms with Gasteiger partial charge in [0.05, 0.1) is 5.69 Å². The molecule has 2 N–H and O–H groups in total. The number of hydrogen-bond donors (Lipinski definition) is 2. The number of carbonyl (C=O) groups is 2. The number of aliphatic carboxylic acids is 1. The molecule has 0 spiro atoms. The summed E-state index contributed by atoms with van der Waals surface area (Å²) in [5.74, 6) is -1.16. The molecule has 0 radical (unpaired) electrons. The summed E-state index contributed by atoms with van der Waals surface area (Å²) in [7, 11) is -2.20. The minimum Gasteiger partial charge on any atom is -0.480 e. The molecule has 1 aliphatic carbocycles. The number of aryl methyl sites for hydroxylation is 1. The van der Waals surface area contributed by atoms with Crippen molar-refractivity contribution in [3.8, 4) is 0 Å². The Bertz CT molecular complexity index is 1310. The number of para-hydroxylation sites is 1. The maximum absolute atomic E-state index is 14.1. The molecule has 1 fully saturated rings. The standard InChI is InChI=1S/C31H42ClN3O5S/c1-3-4-7-16-30(36)33-26(31(37)38)18-17-23-19-29-27(20-25(23)32)35(24-14-10-6-11-15-24)21-28(34(2)41(29,39)40)22-12-8-5-9-13-22/h6,10-11,14-15,19-20,22,26,28H,3-5,7-9,12-13,16-18,21H2,1-2H3,(H,33,36)(H,37,38)/t26-,28+/m1/s1. The van der Waals surface area contributed by atoms with Crippen LogP contribution < -0.4 is 10.2 Å². The topological polar surface area (TPSA) is 107 Å². The molecule has 2 aromatic carbocycles. The molecule has 4 rings (SSSR count). The van der Waals surface area contributed by atoms with Gasteiger partial charge >= 0.3 is 5.97 Å². The van der Waals surface area contributed by atoms with Crippen LogP contribution in [-0.2, 0) is 26.0 Å². The van der Waals surface area contributed by atoms with Gasteiger partial charge in [-0.2, -0.15) is 4.31 Å². The van der Waals surface area contributed by atoms with E-state index in [-0.39, 0.29) is 42.0 Å². The lowest BCUT2D eigenvalue weighted by atomic mass is 9.83. The summed E-state index contributed by atoms with van der Waals surface area (Å²) in [6.07, 6.45) is 8.52. The fourth-order valence-corrected chi connectivity index (χ4v) is 7.99. The van der Waals surface area contributed by atoms with Gasteiger partial charge in [-0.1, -0.05) is 68.8 Å². The molecule has 41 heavy (non-hydrogen) atoms. The molecular formula is C31H42ClN3O5S. The third-order valence-corrected chi connectivity index (χ3v) is 10.8. The summed E-state index contributed by atoms with van der Waals surface area (Å²) >= 11 is 6.77. The third kappa shape index (κ3) is 7.43. The second-order valence-electron chi connectivity index (χ2n) is 11.3. The van der Waals surface area contributed by atoms with E-state index in [4.69, 9.17) is 11.6 Å². The molecule has 2 aliphatic rings. The van der Waals surface area contributed by atoms with E-state index in [1.807, 2.05) is 37.3 Å². The Hall–Kier alpha value is -2.62. The molecule has 0 bridgehead atoms. The van der Waals surface area contributed by atoms with Crippen LogP contribution in [-0.4, -0.2) is 55.4 Å². The number of carbonyl (C=O) groups excluding carboxylic acids is 1. The first kappa shape index (κ1) is 31.3. The number of likely N-dealkylation sites (N-methyl/N-ethyl adjacent to an activating group) is 1. The number of hydrogen-bond acceptors (Lipinski definition) is 5. The minimum atomic E-state index is -3.88. The van der Waals surface area contributed by atoms with Gasteiger partial charge in [-0.15, -0.1) is 0 Å². The summed E-state index contributed by atoms with van der Waals surface area (Å²) in [4.78, 5) is 26.4. The average molecular weight is 604 g/mol. The van der Waals surface area contributed by atoms with Crippen LogP contribution in [0.25, 0.3) is 0 Å². The summed E-state index contributed by atoms with van der Waals surface area (Å²) in [5, 5.41) is 12.7. The zero-order chi connectivity index (χ0) is 29.6. The predicted molar refractivity (Wildman–Crippen MR) is 162 cm³/mol. The smallest absolute Gasteiger partial charge is 0.326 e. The fraction of sp³-hybridized carbons (Fsp3) is 0.548. The second kappa shape index (κ2) is 14.0. The molecule has 1 amide bonds. The molecule has 0 saturated heterocycles. The quantitative estimate of drug-likeness (QED) is 0.299. The van der Waals surface area contributed by atoms with Gasteiger partial charge in [-0.25, -0.2) is 13.2 Å². The number of rotatable bonds is 11. The van der Waals surface area contributed by atoms with E-state index in [1.54, 1.807) is 23.5 Å². The zero-order valence-corrected chi connectivity index (χ0v) is 25.6. The van der Waals surface area contributed by atoms with Crippen molar-refractivity contribution in [2.24, 2.45) is 5.92 Å². The zero-order valence-electron chi connectivity index (χ0n) is 24.0. The highest BCUT2D eigenvalue weighted by atomic mass is 35.5. The number of sulfonamides is 1. The van der Waals surface area contributed by atoms with Gasteiger partial charge in [-0.05, 0) is 67.9 Å². The van der Waals surface area contributed by atoms with Crippen molar-refractivity contribution in [1.82, 2.24) is 9.62 Å². The van der Waals surface area contributed by atoms with Gasteiger partial charge in [0.1, 0.15) is 10.9 Å². The molecule has 1 heterocycles. The molecule has 8 nitrogen and oxygen atoms in total. The van der Waals surface area contributed by atoms with Crippen LogP contribution in [0.15, 0.2) is 47.4 Å². The van der Waals surface area contributed by atoms with E-state index in [2.05, 4.69) is 10.2 Å². The number of fused-ring (bicyclic) bond motifs is 1. The number of anilines is 2. The van der Waals surface area contributed by atoms with Crippen LogP contribution in [0, 0.1) is 5.92 Å². The minimum absolute atomic E-state index is 0.0936. The molecule has 224 valence electrons. The Morgan fingerprint density at radius 1 is 1.10 bits per heavy atom. The molecule has 10 heteroatoms. The lowest BCUT2D eigenvalue weighted by Crippen LogP contribution is -2.46. The maximum Gasteiger partial charge on any atom is 0.326 e. The molecule has 0 unspecified atom stereocenters. The maximum atomic E-state index is 14.1. The van der Waals surface area contributed by atoms with E-state index in [1.165, 1.54) is 6.42 Å². The van der Waals surface area contributed by atoms with Crippen LogP contribution in [0.1, 0.15) is 76.7 Å². The Morgan fingerprint density at radius 2 is 1.80 bits per heavy atom. The van der Waals surface area contributed by atoms with Gasteiger partial charge < -0.3 is 15.3 Å². The van der Waals surface area contributed by atoms with Crippen LogP contribution in [0.3, 0.4) is 0 Å². The summed E-state index contributed by atoms with van der Waals surface area (Å²) in [6, 6.07) is 11.8. The van der Waals surface area contributed by atoms with Gasteiger partial charge in [-0.3, -0.25) is 4.79 Å². The lowest BCUT2D eigenvalue weighted by Gasteiger charge is -2.36. The number of nitrogens with zero attached hydrogens (tertiary/aromatic N) is 2. The highest BCUT2D eigenvalue weighted by Crippen LogP contribution is 2.42. The normalized spacial score (nSPS) is 20.2. The summed E-state index contributed by atoms with van der Waals surface area (Å²) < 4.78 is 29.8. The van der Waals surface area contributed by atoms with Crippen molar-refractivity contribution in [2.75, 3.05) is 18.5 Å². The van der Waals surface area contributed by atoms with E-state index in [9.17, 15) is 23.1 Å². The van der Waals surface area contributed by atoms with Crippen LogP contribution >= 0.6 is 11.6 Å². The van der Waals surface area contributed by atoms with Crippen molar-refractivity contribution < 1.29 is 23.1 Å². The molecule has 1 saturated carbocycles. The van der Waals surface area contributed by atoms with E-state index in [0.29, 0.717) is 29.2 Å². The fourth-order valence-electron chi connectivity index (χ4n) is 6.10. The number of unbranched alkanes of at least 4 members (excludes halogenated alkanes) is 2. The first-order chi connectivity index (χ1) is 19.6. The Labute approximate surface area is 249 Å². The average Bonchev–Trinajstić information content (AvgIpc) is 3.04. The SMILES string of the molecule is CCCCCC(=O)N[C@H](CCc1cc2c(cc1Cl)N(c1ccccc1)C[C@@H](C1CCCCC1)N(C)S2(=O)=O)C(=O)O. The Morgan fingerprint density at radius 3 is 2.46 bits per heavy atom. The molecule has 1 aliphatic heterocycles. The van der Waals surface area contributed by atoms with Crippen molar-refractivity contribution in [1.29, 1.82) is 0 Å². The highest BCUT2D eigenvalue weighted by Gasteiger charge is 2.41. The van der Waals surface area contributed by atoms with Crippen molar-refractivity contribution >= 4 is 44.9 Å². The van der Waals surface area contributed by atoms with Crippen molar-refractivity contribution in [2.45, 2.75) is 94.5 Å². The summed E-state index contributed by atoms with van der Waals surface area (Å²) in [6.45, 7) is 2.55. The summed E-state index contributed by atoms with van der Waals surface area (Å²) in [5.41, 5.74) is 1.95. The first-order valence-electron chi connectivity index (χ1n) is 14.8. The number of benzene rings is 2. The van der Waals surface area contributed by atoms with E-state index in [0.717, 1.165) is 44.2 Å². The van der Waals surface area contributed by atoms with Crippen LogP contribution in [0.2, 0.25) is 5.02 Å².